The average molecular weight is 211 g/mol. The minimum absolute atomic E-state index is 0.177. The normalized spacial score (nSPS) is 37.3. The average Bonchev–Trinajstić information content (AvgIpc) is 2.77. The monoisotopic (exact) mass is 211 g/mol. The number of nitrogens with zero attached hydrogens (tertiary/aromatic N) is 1. The molecule has 3 heteroatoms. The van der Waals surface area contributed by atoms with E-state index >= 15 is 0 Å². The van der Waals surface area contributed by atoms with Crippen molar-refractivity contribution in [3.8, 4) is 0 Å². The lowest BCUT2D eigenvalue weighted by atomic mass is 10.0. The second-order valence-electron chi connectivity index (χ2n) is 5.18. The number of ether oxygens (including phenoxy) is 1. The number of hydrogen-bond acceptors (Lipinski definition) is 3. The summed E-state index contributed by atoms with van der Waals surface area (Å²) >= 11 is 0. The molecule has 0 bridgehead atoms. The van der Waals surface area contributed by atoms with E-state index in [-0.39, 0.29) is 5.92 Å². The highest BCUT2D eigenvalue weighted by atomic mass is 16.5. The molecule has 15 heavy (non-hydrogen) atoms. The van der Waals surface area contributed by atoms with Crippen molar-refractivity contribution in [3.63, 3.8) is 0 Å². The maximum atomic E-state index is 11.9. The van der Waals surface area contributed by atoms with Crippen LogP contribution >= 0.6 is 0 Å². The van der Waals surface area contributed by atoms with Crippen molar-refractivity contribution in [2.75, 3.05) is 32.8 Å². The van der Waals surface area contributed by atoms with Crippen LogP contribution in [-0.2, 0) is 9.53 Å². The van der Waals surface area contributed by atoms with Crippen molar-refractivity contribution in [1.82, 2.24) is 4.90 Å². The number of hydrogen-bond donors (Lipinski definition) is 0. The Morgan fingerprint density at radius 1 is 1.33 bits per heavy atom. The Balaban J connectivity index is 1.79. The molecule has 0 aromatic heterocycles. The minimum Gasteiger partial charge on any atom is -0.381 e. The number of carbonyl (C=O) groups is 1. The van der Waals surface area contributed by atoms with E-state index in [1.807, 2.05) is 0 Å². The maximum Gasteiger partial charge on any atom is 0.152 e. The number of Topliss-reactive ketones (excluding diaryl/α,β-unsaturated/α-hetero) is 1. The minimum atomic E-state index is 0.177. The van der Waals surface area contributed by atoms with Crippen molar-refractivity contribution >= 4 is 5.78 Å². The van der Waals surface area contributed by atoms with Crippen LogP contribution in [0.5, 0.6) is 0 Å². The van der Waals surface area contributed by atoms with Crippen LogP contribution < -0.4 is 0 Å². The van der Waals surface area contributed by atoms with Crippen molar-refractivity contribution in [2.24, 2.45) is 17.8 Å². The summed E-state index contributed by atoms with van der Waals surface area (Å²) in [5, 5.41) is 0. The quantitative estimate of drug-likeness (QED) is 0.702. The van der Waals surface area contributed by atoms with Gasteiger partial charge >= 0.3 is 0 Å². The van der Waals surface area contributed by atoms with Gasteiger partial charge in [0.15, 0.2) is 5.78 Å². The summed E-state index contributed by atoms with van der Waals surface area (Å²) in [5.74, 6) is 2.03. The van der Waals surface area contributed by atoms with Crippen LogP contribution in [0.4, 0.5) is 0 Å². The number of likely N-dealkylation sites (tertiary alicyclic amines) is 1. The summed E-state index contributed by atoms with van der Waals surface area (Å²) in [5.41, 5.74) is 0. The van der Waals surface area contributed by atoms with Crippen LogP contribution in [0.25, 0.3) is 0 Å². The van der Waals surface area contributed by atoms with Gasteiger partial charge in [0.05, 0.1) is 13.2 Å². The summed E-state index contributed by atoms with van der Waals surface area (Å²) in [4.78, 5) is 14.2. The molecule has 0 N–H and O–H groups in total. The van der Waals surface area contributed by atoms with Gasteiger partial charge in [0.25, 0.3) is 0 Å². The van der Waals surface area contributed by atoms with E-state index in [1.165, 1.54) is 0 Å². The van der Waals surface area contributed by atoms with Gasteiger partial charge in [-0.05, 0) is 18.3 Å². The van der Waals surface area contributed by atoms with Crippen molar-refractivity contribution < 1.29 is 9.53 Å². The topological polar surface area (TPSA) is 29.5 Å². The highest BCUT2D eigenvalue weighted by Crippen LogP contribution is 2.23. The van der Waals surface area contributed by atoms with E-state index in [9.17, 15) is 4.79 Å². The van der Waals surface area contributed by atoms with E-state index < -0.39 is 0 Å². The molecule has 2 rings (SSSR count). The summed E-state index contributed by atoms with van der Waals surface area (Å²) in [6, 6.07) is 0. The van der Waals surface area contributed by atoms with Crippen LogP contribution in [0.3, 0.4) is 0 Å². The second-order valence-corrected chi connectivity index (χ2v) is 5.18. The fraction of sp³-hybridized carbons (Fsp3) is 0.917. The molecule has 2 fully saturated rings. The molecular weight excluding hydrogens is 190 g/mol. The Kier molecular flexibility index (Phi) is 3.42. The molecule has 86 valence electrons. The summed E-state index contributed by atoms with van der Waals surface area (Å²) in [6.07, 6.45) is 0.928. The van der Waals surface area contributed by atoms with Crippen LogP contribution in [-0.4, -0.2) is 43.5 Å². The molecule has 2 aliphatic heterocycles. The molecule has 0 saturated carbocycles. The van der Waals surface area contributed by atoms with E-state index in [1.54, 1.807) is 0 Å². The number of ketones is 1. The predicted molar refractivity (Wildman–Crippen MR) is 58.7 cm³/mol. The predicted octanol–water partition coefficient (Wildman–Crippen LogP) is 1.18. The zero-order chi connectivity index (χ0) is 10.8. The number of rotatable bonds is 3. The summed E-state index contributed by atoms with van der Waals surface area (Å²) < 4.78 is 5.25. The Bertz CT molecular complexity index is 226. The van der Waals surface area contributed by atoms with Gasteiger partial charge in [-0.2, -0.15) is 0 Å². The lowest BCUT2D eigenvalue weighted by Gasteiger charge is -2.16. The van der Waals surface area contributed by atoms with Gasteiger partial charge in [-0.3, -0.25) is 9.69 Å². The largest absolute Gasteiger partial charge is 0.381 e. The maximum absolute atomic E-state index is 11.9. The van der Waals surface area contributed by atoms with Gasteiger partial charge in [0, 0.05) is 25.6 Å². The summed E-state index contributed by atoms with van der Waals surface area (Å²) in [6.45, 7) is 8.77. The highest BCUT2D eigenvalue weighted by Gasteiger charge is 2.30. The van der Waals surface area contributed by atoms with E-state index in [0.717, 1.165) is 38.0 Å². The molecule has 2 aliphatic rings. The fourth-order valence-corrected chi connectivity index (χ4v) is 2.52. The smallest absolute Gasteiger partial charge is 0.152 e. The van der Waals surface area contributed by atoms with Crippen molar-refractivity contribution in [1.29, 1.82) is 0 Å². The van der Waals surface area contributed by atoms with Gasteiger partial charge in [-0.25, -0.2) is 0 Å². The Hall–Kier alpha value is -0.410. The van der Waals surface area contributed by atoms with Crippen LogP contribution in [0, 0.1) is 17.8 Å². The molecule has 2 saturated heterocycles. The number of carbonyl (C=O) groups excluding carboxylic acids is 1. The van der Waals surface area contributed by atoms with Gasteiger partial charge < -0.3 is 4.74 Å². The highest BCUT2D eigenvalue weighted by molar-refractivity contribution is 5.83. The lowest BCUT2D eigenvalue weighted by Crippen LogP contribution is -2.32. The molecule has 3 atom stereocenters. The van der Waals surface area contributed by atoms with E-state index in [4.69, 9.17) is 4.74 Å². The molecule has 3 unspecified atom stereocenters. The molecular formula is C12H21NO2. The van der Waals surface area contributed by atoms with Gasteiger partial charge in [0.2, 0.25) is 0 Å². The Labute approximate surface area is 91.8 Å². The fourth-order valence-electron chi connectivity index (χ4n) is 2.52. The third-order valence-corrected chi connectivity index (χ3v) is 3.83. The van der Waals surface area contributed by atoms with Crippen LogP contribution in [0.2, 0.25) is 0 Å². The molecule has 0 aromatic rings. The SMILES string of the molecule is CC1CN(CC(=O)C2CCOC2)CC1C. The van der Waals surface area contributed by atoms with Crippen molar-refractivity contribution in [2.45, 2.75) is 20.3 Å². The first-order valence-corrected chi connectivity index (χ1v) is 5.99. The first-order valence-electron chi connectivity index (χ1n) is 5.99. The van der Waals surface area contributed by atoms with E-state index in [0.29, 0.717) is 18.9 Å². The second kappa shape index (κ2) is 4.62. The zero-order valence-corrected chi connectivity index (χ0v) is 9.74. The lowest BCUT2D eigenvalue weighted by molar-refractivity contribution is -0.123. The van der Waals surface area contributed by atoms with Crippen LogP contribution in [0.15, 0.2) is 0 Å². The van der Waals surface area contributed by atoms with Gasteiger partial charge in [0.1, 0.15) is 0 Å². The zero-order valence-electron chi connectivity index (χ0n) is 9.74. The molecule has 0 radical (unpaired) electrons. The Morgan fingerprint density at radius 2 is 2.00 bits per heavy atom. The molecule has 0 amide bonds. The molecule has 0 aliphatic carbocycles. The Morgan fingerprint density at radius 3 is 2.53 bits per heavy atom. The van der Waals surface area contributed by atoms with Crippen LogP contribution in [0.1, 0.15) is 20.3 Å². The van der Waals surface area contributed by atoms with Gasteiger partial charge in [-0.15, -0.1) is 0 Å². The standard InChI is InChI=1S/C12H21NO2/c1-9-5-13(6-10(9)2)7-12(14)11-3-4-15-8-11/h9-11H,3-8H2,1-2H3. The van der Waals surface area contributed by atoms with Crippen molar-refractivity contribution in [3.05, 3.63) is 0 Å². The van der Waals surface area contributed by atoms with Gasteiger partial charge in [-0.1, -0.05) is 13.8 Å². The van der Waals surface area contributed by atoms with E-state index in [2.05, 4.69) is 18.7 Å². The summed E-state index contributed by atoms with van der Waals surface area (Å²) in [7, 11) is 0. The third kappa shape index (κ3) is 2.58. The first-order chi connectivity index (χ1) is 7.16. The molecule has 3 nitrogen and oxygen atoms in total. The first kappa shape index (κ1) is 11.1. The molecule has 0 aromatic carbocycles. The third-order valence-electron chi connectivity index (χ3n) is 3.83. The molecule has 2 heterocycles. The molecule has 0 spiro atoms.